The Bertz CT molecular complexity index is 501. The van der Waals surface area contributed by atoms with Crippen molar-refractivity contribution in [1.82, 2.24) is 4.98 Å². The lowest BCUT2D eigenvalue weighted by molar-refractivity contribution is 0.508. The second-order valence-electron chi connectivity index (χ2n) is 4.61. The highest BCUT2D eigenvalue weighted by atomic mass is 35.5. The van der Waals surface area contributed by atoms with E-state index in [2.05, 4.69) is 43.1 Å². The molecule has 0 unspecified atom stereocenters. The average Bonchev–Trinajstić information content (AvgIpc) is 2.88. The van der Waals surface area contributed by atoms with E-state index in [1.165, 1.54) is 5.56 Å². The zero-order valence-corrected chi connectivity index (χ0v) is 11.7. The highest BCUT2D eigenvalue weighted by molar-refractivity contribution is 6.20. The van der Waals surface area contributed by atoms with Gasteiger partial charge in [0.1, 0.15) is 5.38 Å². The molecular weight excluding hydrogens is 246 g/mol. The first kappa shape index (κ1) is 13.2. The van der Waals surface area contributed by atoms with Crippen LogP contribution in [0.4, 0.5) is 0 Å². The predicted molar refractivity (Wildman–Crippen MR) is 74.9 cm³/mol. The molecule has 1 aromatic carbocycles. The Hall–Kier alpha value is -1.28. The molecule has 0 N–H and O–H groups in total. The third kappa shape index (κ3) is 2.75. The first-order valence-electron chi connectivity index (χ1n) is 6.32. The number of rotatable bonds is 4. The van der Waals surface area contributed by atoms with Gasteiger partial charge in [0.25, 0.3) is 0 Å². The average molecular weight is 264 g/mol. The minimum atomic E-state index is -0.196. The van der Waals surface area contributed by atoms with E-state index in [1.807, 2.05) is 6.92 Å². The summed E-state index contributed by atoms with van der Waals surface area (Å²) in [5, 5.41) is -0.196. The largest absolute Gasteiger partial charge is 0.439 e. The van der Waals surface area contributed by atoms with Gasteiger partial charge in [-0.25, -0.2) is 4.98 Å². The molecule has 0 spiro atoms. The van der Waals surface area contributed by atoms with Crippen LogP contribution in [0.25, 0.3) is 11.3 Å². The lowest BCUT2D eigenvalue weighted by Crippen LogP contribution is -1.90. The van der Waals surface area contributed by atoms with E-state index in [-0.39, 0.29) is 5.38 Å². The summed E-state index contributed by atoms with van der Waals surface area (Å²) < 4.78 is 5.61. The van der Waals surface area contributed by atoms with E-state index < -0.39 is 0 Å². The van der Waals surface area contributed by atoms with Gasteiger partial charge in [-0.15, -0.1) is 11.6 Å². The number of oxazole rings is 1. The maximum atomic E-state index is 5.93. The Morgan fingerprint density at radius 3 is 2.39 bits per heavy atom. The van der Waals surface area contributed by atoms with E-state index in [1.54, 1.807) is 6.20 Å². The Morgan fingerprint density at radius 2 is 1.89 bits per heavy atom. The molecule has 18 heavy (non-hydrogen) atoms. The molecule has 0 amide bonds. The van der Waals surface area contributed by atoms with Crippen molar-refractivity contribution in [2.45, 2.75) is 38.5 Å². The Balaban J connectivity index is 2.23. The van der Waals surface area contributed by atoms with Gasteiger partial charge in [-0.05, 0) is 24.8 Å². The number of benzene rings is 1. The SMILES string of the molecule is CC[C@@H](C)c1ccc(-c2cnc([C@@H](C)Cl)o2)cc1. The van der Waals surface area contributed by atoms with Crippen LogP contribution < -0.4 is 0 Å². The number of hydrogen-bond acceptors (Lipinski definition) is 2. The summed E-state index contributed by atoms with van der Waals surface area (Å²) in [6.45, 7) is 6.28. The molecule has 0 bridgehead atoms. The molecule has 0 saturated heterocycles. The maximum Gasteiger partial charge on any atom is 0.212 e. The molecule has 3 heteroatoms. The Labute approximate surface area is 113 Å². The van der Waals surface area contributed by atoms with E-state index >= 15 is 0 Å². The number of alkyl halides is 1. The van der Waals surface area contributed by atoms with Crippen molar-refractivity contribution in [3.63, 3.8) is 0 Å². The molecule has 0 fully saturated rings. The topological polar surface area (TPSA) is 26.0 Å². The van der Waals surface area contributed by atoms with Crippen molar-refractivity contribution in [1.29, 1.82) is 0 Å². The summed E-state index contributed by atoms with van der Waals surface area (Å²) >= 11 is 5.93. The summed E-state index contributed by atoms with van der Waals surface area (Å²) in [4.78, 5) is 4.17. The van der Waals surface area contributed by atoms with Gasteiger partial charge in [0.2, 0.25) is 5.89 Å². The van der Waals surface area contributed by atoms with Crippen LogP contribution >= 0.6 is 11.6 Å². The third-order valence-corrected chi connectivity index (χ3v) is 3.43. The molecule has 0 saturated carbocycles. The molecule has 2 atom stereocenters. The Kier molecular flexibility index (Phi) is 4.07. The van der Waals surface area contributed by atoms with Crippen LogP contribution in [0, 0.1) is 0 Å². The van der Waals surface area contributed by atoms with Gasteiger partial charge in [0.05, 0.1) is 6.20 Å². The van der Waals surface area contributed by atoms with Crippen LogP contribution in [-0.2, 0) is 0 Å². The standard InChI is InChI=1S/C15H18ClNO/c1-4-10(2)12-5-7-13(8-6-12)14-9-17-15(18-14)11(3)16/h5-11H,4H2,1-3H3/t10-,11-/m1/s1. The molecule has 96 valence electrons. The van der Waals surface area contributed by atoms with Crippen molar-refractivity contribution in [2.24, 2.45) is 0 Å². The lowest BCUT2D eigenvalue weighted by Gasteiger charge is -2.08. The molecular formula is C15H18ClNO. The van der Waals surface area contributed by atoms with Crippen molar-refractivity contribution >= 4 is 11.6 Å². The maximum absolute atomic E-state index is 5.93. The van der Waals surface area contributed by atoms with Crippen molar-refractivity contribution in [3.05, 3.63) is 41.9 Å². The highest BCUT2D eigenvalue weighted by Gasteiger charge is 2.11. The van der Waals surface area contributed by atoms with Crippen molar-refractivity contribution in [3.8, 4) is 11.3 Å². The predicted octanol–water partition coefficient (Wildman–Crippen LogP) is 5.15. The van der Waals surface area contributed by atoms with Crippen LogP contribution in [0.1, 0.15) is 49.9 Å². The van der Waals surface area contributed by atoms with Gasteiger partial charge in [-0.2, -0.15) is 0 Å². The number of hydrogen-bond donors (Lipinski definition) is 0. The zero-order chi connectivity index (χ0) is 13.1. The number of halogens is 1. The molecule has 2 rings (SSSR count). The molecule has 0 aliphatic heterocycles. The van der Waals surface area contributed by atoms with E-state index in [0.29, 0.717) is 11.8 Å². The molecule has 2 nitrogen and oxygen atoms in total. The normalized spacial score (nSPS) is 14.4. The number of aromatic nitrogens is 1. The van der Waals surface area contributed by atoms with Crippen LogP contribution in [-0.4, -0.2) is 4.98 Å². The van der Waals surface area contributed by atoms with E-state index in [9.17, 15) is 0 Å². The van der Waals surface area contributed by atoms with Crippen LogP contribution in [0.15, 0.2) is 34.9 Å². The lowest BCUT2D eigenvalue weighted by atomic mass is 9.97. The fraction of sp³-hybridized carbons (Fsp3) is 0.400. The first-order valence-corrected chi connectivity index (χ1v) is 6.75. The van der Waals surface area contributed by atoms with Crippen molar-refractivity contribution < 1.29 is 4.42 Å². The molecule has 0 aliphatic rings. The van der Waals surface area contributed by atoms with Gasteiger partial charge < -0.3 is 4.42 Å². The zero-order valence-electron chi connectivity index (χ0n) is 11.0. The number of nitrogens with zero attached hydrogens (tertiary/aromatic N) is 1. The highest BCUT2D eigenvalue weighted by Crippen LogP contribution is 2.27. The second-order valence-corrected chi connectivity index (χ2v) is 5.26. The monoisotopic (exact) mass is 263 g/mol. The van der Waals surface area contributed by atoms with Gasteiger partial charge in [0.15, 0.2) is 5.76 Å². The summed E-state index contributed by atoms with van der Waals surface area (Å²) in [6, 6.07) is 8.45. The van der Waals surface area contributed by atoms with Gasteiger partial charge >= 0.3 is 0 Å². The smallest absolute Gasteiger partial charge is 0.212 e. The molecule has 1 heterocycles. The van der Waals surface area contributed by atoms with E-state index in [0.717, 1.165) is 17.7 Å². The minimum absolute atomic E-state index is 0.196. The van der Waals surface area contributed by atoms with Crippen LogP contribution in [0.3, 0.4) is 0 Å². The molecule has 1 aromatic heterocycles. The van der Waals surface area contributed by atoms with Crippen LogP contribution in [0.2, 0.25) is 0 Å². The fourth-order valence-corrected chi connectivity index (χ4v) is 1.92. The van der Waals surface area contributed by atoms with Crippen LogP contribution in [0.5, 0.6) is 0 Å². The summed E-state index contributed by atoms with van der Waals surface area (Å²) in [5.41, 5.74) is 2.39. The fourth-order valence-electron chi connectivity index (χ4n) is 1.82. The molecule has 0 radical (unpaired) electrons. The minimum Gasteiger partial charge on any atom is -0.439 e. The van der Waals surface area contributed by atoms with Gasteiger partial charge in [-0.3, -0.25) is 0 Å². The second kappa shape index (κ2) is 5.57. The van der Waals surface area contributed by atoms with Gasteiger partial charge in [-0.1, -0.05) is 38.1 Å². The summed E-state index contributed by atoms with van der Waals surface area (Å²) in [7, 11) is 0. The van der Waals surface area contributed by atoms with E-state index in [4.69, 9.17) is 16.0 Å². The molecule has 2 aromatic rings. The van der Waals surface area contributed by atoms with Gasteiger partial charge in [0, 0.05) is 5.56 Å². The third-order valence-electron chi connectivity index (χ3n) is 3.24. The molecule has 0 aliphatic carbocycles. The first-order chi connectivity index (χ1) is 8.61. The summed E-state index contributed by atoms with van der Waals surface area (Å²) in [5.74, 6) is 1.93. The Morgan fingerprint density at radius 1 is 1.22 bits per heavy atom. The quantitative estimate of drug-likeness (QED) is 0.713. The van der Waals surface area contributed by atoms with Crippen molar-refractivity contribution in [2.75, 3.05) is 0 Å². The summed E-state index contributed by atoms with van der Waals surface area (Å²) in [6.07, 6.45) is 2.88.